The maximum Gasteiger partial charge on any atom is 0.228 e. The molecule has 1 aliphatic carbocycles. The first kappa shape index (κ1) is 12.0. The number of nitrogens with two attached hydrogens (primary N) is 1. The fraction of sp³-hybridized carbons (Fsp3) is 0.667. The maximum atomic E-state index is 12.1. The number of nitrogens with one attached hydrogen (secondary N) is 1. The Bertz CT molecular complexity index is 418. The lowest BCUT2D eigenvalue weighted by atomic mass is 9.89. The molecular weight excluding hydrogens is 216 g/mol. The average molecular weight is 236 g/mol. The number of amides is 1. The normalized spacial score (nSPS) is 17.1. The zero-order valence-electron chi connectivity index (χ0n) is 10.5. The second-order valence-electron chi connectivity index (χ2n) is 4.80. The second kappa shape index (κ2) is 4.77. The van der Waals surface area contributed by atoms with Gasteiger partial charge >= 0.3 is 0 Å². The largest absolute Gasteiger partial charge is 0.394 e. The lowest BCUT2D eigenvalue weighted by molar-refractivity contribution is -0.120. The van der Waals surface area contributed by atoms with Gasteiger partial charge in [-0.15, -0.1) is 0 Å². The molecule has 0 spiro atoms. The van der Waals surface area contributed by atoms with Crippen LogP contribution < -0.4 is 11.1 Å². The van der Waals surface area contributed by atoms with Gasteiger partial charge in [0, 0.05) is 13.0 Å². The Hall–Kier alpha value is -1.52. The van der Waals surface area contributed by atoms with Gasteiger partial charge in [0.25, 0.3) is 0 Å². The fourth-order valence-electron chi connectivity index (χ4n) is 2.41. The van der Waals surface area contributed by atoms with Crippen molar-refractivity contribution in [1.29, 1.82) is 0 Å². The standard InChI is InChI=1S/C12H20N4O/c1-8-10(13)11(16(2)15-8)14-12(17)9-6-4-3-5-7-9/h9H,3-7,13H2,1-2H3,(H,14,17). The Labute approximate surface area is 101 Å². The first-order valence-corrected chi connectivity index (χ1v) is 6.19. The second-order valence-corrected chi connectivity index (χ2v) is 4.80. The van der Waals surface area contributed by atoms with Gasteiger partial charge < -0.3 is 11.1 Å². The zero-order valence-corrected chi connectivity index (χ0v) is 10.5. The van der Waals surface area contributed by atoms with Gasteiger partial charge in [-0.1, -0.05) is 19.3 Å². The van der Waals surface area contributed by atoms with E-state index in [9.17, 15) is 4.79 Å². The van der Waals surface area contributed by atoms with Crippen LogP contribution in [-0.2, 0) is 11.8 Å². The molecule has 1 saturated carbocycles. The number of carbonyl (C=O) groups is 1. The summed E-state index contributed by atoms with van der Waals surface area (Å²) in [6.07, 6.45) is 5.53. The summed E-state index contributed by atoms with van der Waals surface area (Å²) in [7, 11) is 1.79. The molecule has 0 aliphatic heterocycles. The van der Waals surface area contributed by atoms with Crippen molar-refractivity contribution in [1.82, 2.24) is 9.78 Å². The first-order valence-electron chi connectivity index (χ1n) is 6.19. The maximum absolute atomic E-state index is 12.1. The summed E-state index contributed by atoms with van der Waals surface area (Å²) in [5.41, 5.74) is 7.21. The minimum absolute atomic E-state index is 0.0828. The number of hydrogen-bond acceptors (Lipinski definition) is 3. The predicted molar refractivity (Wildman–Crippen MR) is 67.6 cm³/mol. The monoisotopic (exact) mass is 236 g/mol. The Kier molecular flexibility index (Phi) is 3.36. The van der Waals surface area contributed by atoms with Gasteiger partial charge in [0.15, 0.2) is 5.82 Å². The molecule has 0 unspecified atom stereocenters. The molecule has 1 heterocycles. The zero-order chi connectivity index (χ0) is 12.4. The van der Waals surface area contributed by atoms with E-state index >= 15 is 0 Å². The van der Waals surface area contributed by atoms with Gasteiger partial charge in [-0.05, 0) is 19.8 Å². The van der Waals surface area contributed by atoms with Gasteiger partial charge in [0.1, 0.15) is 0 Å². The lowest BCUT2D eigenvalue weighted by Gasteiger charge is -2.20. The molecule has 1 aliphatic rings. The molecule has 5 heteroatoms. The summed E-state index contributed by atoms with van der Waals surface area (Å²) < 4.78 is 1.63. The first-order chi connectivity index (χ1) is 8.09. The van der Waals surface area contributed by atoms with Crippen LogP contribution in [0, 0.1) is 12.8 Å². The van der Waals surface area contributed by atoms with E-state index in [-0.39, 0.29) is 11.8 Å². The Morgan fingerprint density at radius 2 is 2.06 bits per heavy atom. The molecule has 1 fully saturated rings. The Morgan fingerprint density at radius 1 is 1.41 bits per heavy atom. The SMILES string of the molecule is Cc1nn(C)c(NC(=O)C2CCCCC2)c1N. The van der Waals surface area contributed by atoms with Crippen LogP contribution in [0.1, 0.15) is 37.8 Å². The van der Waals surface area contributed by atoms with Crippen molar-refractivity contribution < 1.29 is 4.79 Å². The predicted octanol–water partition coefficient (Wildman–Crippen LogP) is 1.83. The van der Waals surface area contributed by atoms with Crippen molar-refractivity contribution in [2.75, 3.05) is 11.1 Å². The molecule has 1 amide bonds. The molecule has 1 aromatic heterocycles. The van der Waals surface area contributed by atoms with E-state index in [0.717, 1.165) is 31.4 Å². The van der Waals surface area contributed by atoms with Crippen molar-refractivity contribution in [2.45, 2.75) is 39.0 Å². The molecule has 0 aromatic carbocycles. The molecule has 17 heavy (non-hydrogen) atoms. The average Bonchev–Trinajstić information content (AvgIpc) is 2.57. The summed E-state index contributed by atoms with van der Waals surface area (Å²) >= 11 is 0. The highest BCUT2D eigenvalue weighted by Gasteiger charge is 2.23. The highest BCUT2D eigenvalue weighted by Crippen LogP contribution is 2.27. The van der Waals surface area contributed by atoms with E-state index in [2.05, 4.69) is 10.4 Å². The highest BCUT2D eigenvalue weighted by molar-refractivity contribution is 5.94. The van der Waals surface area contributed by atoms with Gasteiger partial charge in [0.05, 0.1) is 11.4 Å². The quantitative estimate of drug-likeness (QED) is 0.822. The van der Waals surface area contributed by atoms with Gasteiger partial charge in [-0.25, -0.2) is 0 Å². The molecule has 0 radical (unpaired) electrons. The van der Waals surface area contributed by atoms with Crippen LogP contribution in [0.3, 0.4) is 0 Å². The van der Waals surface area contributed by atoms with Crippen LogP contribution in [0.15, 0.2) is 0 Å². The van der Waals surface area contributed by atoms with Gasteiger partial charge in [-0.2, -0.15) is 5.10 Å². The van der Waals surface area contributed by atoms with Crippen LogP contribution in [0.25, 0.3) is 0 Å². The van der Waals surface area contributed by atoms with Crippen molar-refractivity contribution in [3.8, 4) is 0 Å². The Morgan fingerprint density at radius 3 is 2.59 bits per heavy atom. The molecule has 2 rings (SSSR count). The number of nitrogens with zero attached hydrogens (tertiary/aromatic N) is 2. The third-order valence-corrected chi connectivity index (χ3v) is 3.49. The lowest BCUT2D eigenvalue weighted by Crippen LogP contribution is -2.26. The third kappa shape index (κ3) is 2.43. The highest BCUT2D eigenvalue weighted by atomic mass is 16.2. The minimum atomic E-state index is 0.0828. The topological polar surface area (TPSA) is 72.9 Å². The van der Waals surface area contributed by atoms with Gasteiger partial charge in [0.2, 0.25) is 5.91 Å². The molecular formula is C12H20N4O. The number of hydrogen-bond donors (Lipinski definition) is 2. The number of carbonyl (C=O) groups excluding carboxylic acids is 1. The summed E-state index contributed by atoms with van der Waals surface area (Å²) in [5, 5.41) is 7.09. The van der Waals surface area contributed by atoms with Crippen molar-refractivity contribution in [3.05, 3.63) is 5.69 Å². The van der Waals surface area contributed by atoms with E-state index in [4.69, 9.17) is 5.73 Å². The van der Waals surface area contributed by atoms with E-state index in [0.29, 0.717) is 11.5 Å². The summed E-state index contributed by atoms with van der Waals surface area (Å²) in [5.74, 6) is 0.843. The molecule has 1 aromatic rings. The van der Waals surface area contributed by atoms with E-state index in [1.165, 1.54) is 6.42 Å². The molecule has 0 bridgehead atoms. The van der Waals surface area contributed by atoms with Crippen molar-refractivity contribution >= 4 is 17.4 Å². The summed E-state index contributed by atoms with van der Waals surface area (Å²) in [6, 6.07) is 0. The molecule has 5 nitrogen and oxygen atoms in total. The van der Waals surface area contributed by atoms with E-state index in [1.54, 1.807) is 11.7 Å². The summed E-state index contributed by atoms with van der Waals surface area (Å²) in [6.45, 7) is 1.84. The molecule has 3 N–H and O–H groups in total. The molecule has 94 valence electrons. The van der Waals surface area contributed by atoms with Crippen molar-refractivity contribution in [3.63, 3.8) is 0 Å². The minimum Gasteiger partial charge on any atom is -0.394 e. The van der Waals surface area contributed by atoms with E-state index in [1.807, 2.05) is 6.92 Å². The van der Waals surface area contributed by atoms with Crippen LogP contribution in [-0.4, -0.2) is 15.7 Å². The number of rotatable bonds is 2. The smallest absolute Gasteiger partial charge is 0.228 e. The van der Waals surface area contributed by atoms with Crippen LogP contribution >= 0.6 is 0 Å². The third-order valence-electron chi connectivity index (χ3n) is 3.49. The van der Waals surface area contributed by atoms with Gasteiger partial charge in [-0.3, -0.25) is 9.48 Å². The number of aromatic nitrogens is 2. The van der Waals surface area contributed by atoms with Crippen LogP contribution in [0.4, 0.5) is 11.5 Å². The van der Waals surface area contributed by atoms with Crippen LogP contribution in [0.5, 0.6) is 0 Å². The molecule has 0 atom stereocenters. The Balaban J connectivity index is 2.07. The van der Waals surface area contributed by atoms with Crippen LogP contribution in [0.2, 0.25) is 0 Å². The molecule has 0 saturated heterocycles. The number of aryl methyl sites for hydroxylation is 2. The number of anilines is 2. The van der Waals surface area contributed by atoms with E-state index < -0.39 is 0 Å². The fourth-order valence-corrected chi connectivity index (χ4v) is 2.41. The summed E-state index contributed by atoms with van der Waals surface area (Å²) in [4.78, 5) is 12.1. The van der Waals surface area contributed by atoms with Crippen molar-refractivity contribution in [2.24, 2.45) is 13.0 Å². The number of nitrogen functional groups attached to an aromatic ring is 1.